The minimum absolute atomic E-state index is 0.675. The third-order valence-corrected chi connectivity index (χ3v) is 7.30. The van der Waals surface area contributed by atoms with Gasteiger partial charge in [-0.05, 0) is 23.4 Å². The Morgan fingerprint density at radius 1 is 0.824 bits per heavy atom. The fourth-order valence-corrected chi connectivity index (χ4v) is 5.55. The summed E-state index contributed by atoms with van der Waals surface area (Å²) in [4.78, 5) is 12.3. The van der Waals surface area contributed by atoms with Gasteiger partial charge in [0.05, 0.1) is 18.8 Å². The van der Waals surface area contributed by atoms with Crippen LogP contribution in [0.1, 0.15) is 16.7 Å². The van der Waals surface area contributed by atoms with Crippen LogP contribution in [0.4, 0.5) is 17.3 Å². The van der Waals surface area contributed by atoms with Crippen molar-refractivity contribution in [3.63, 3.8) is 0 Å². The average molecular weight is 455 g/mol. The molecule has 0 amide bonds. The Morgan fingerprint density at radius 3 is 2.41 bits per heavy atom. The van der Waals surface area contributed by atoms with Gasteiger partial charge in [0.1, 0.15) is 17.7 Å². The van der Waals surface area contributed by atoms with Crippen LogP contribution in [-0.2, 0) is 17.7 Å². The van der Waals surface area contributed by atoms with Crippen molar-refractivity contribution in [3.8, 4) is 6.07 Å². The highest BCUT2D eigenvalue weighted by Crippen LogP contribution is 2.38. The van der Waals surface area contributed by atoms with Gasteiger partial charge in [0, 0.05) is 69.0 Å². The van der Waals surface area contributed by atoms with Gasteiger partial charge in [-0.1, -0.05) is 36.4 Å². The third-order valence-electron chi connectivity index (χ3n) is 7.30. The Balaban J connectivity index is 1.46. The van der Waals surface area contributed by atoms with Gasteiger partial charge >= 0.3 is 0 Å². The molecule has 3 aliphatic heterocycles. The molecule has 2 saturated heterocycles. The quantitative estimate of drug-likeness (QED) is 0.653. The zero-order chi connectivity index (χ0) is 22.9. The van der Waals surface area contributed by atoms with Crippen LogP contribution in [0.3, 0.4) is 0 Å². The Bertz CT molecular complexity index is 1230. The van der Waals surface area contributed by atoms with Crippen LogP contribution in [0, 0.1) is 11.3 Å². The van der Waals surface area contributed by atoms with E-state index in [1.165, 1.54) is 22.0 Å². The summed E-state index contributed by atoms with van der Waals surface area (Å²) in [6.45, 7) is 8.36. The molecule has 2 fully saturated rings. The predicted octanol–water partition coefficient (Wildman–Crippen LogP) is 2.92. The molecule has 174 valence electrons. The number of nitrogens with zero attached hydrogens (tertiary/aromatic N) is 5. The van der Waals surface area contributed by atoms with E-state index in [9.17, 15) is 5.26 Å². The topological polar surface area (TPSA) is 67.7 Å². The van der Waals surface area contributed by atoms with E-state index in [1.54, 1.807) is 0 Å². The van der Waals surface area contributed by atoms with Crippen LogP contribution in [0.2, 0.25) is 0 Å². The molecular formula is C27H30N6O. The molecule has 0 aliphatic carbocycles. The second-order valence-electron chi connectivity index (χ2n) is 9.21. The summed E-state index contributed by atoms with van der Waals surface area (Å²) in [5.74, 6) is 1.91. The second kappa shape index (κ2) is 9.13. The Hall–Kier alpha value is -3.34. The maximum Gasteiger partial charge on any atom is 0.149 e. The van der Waals surface area contributed by atoms with Gasteiger partial charge in [-0.25, -0.2) is 4.98 Å². The van der Waals surface area contributed by atoms with Crippen molar-refractivity contribution in [2.24, 2.45) is 0 Å². The number of hydrogen-bond donors (Lipinski definition) is 1. The summed E-state index contributed by atoms with van der Waals surface area (Å²) in [7, 11) is 0. The Kier molecular flexibility index (Phi) is 5.69. The first-order valence-corrected chi connectivity index (χ1v) is 12.3. The number of morpholine rings is 1. The van der Waals surface area contributed by atoms with E-state index >= 15 is 0 Å². The average Bonchev–Trinajstić information content (AvgIpc) is 2.92. The predicted molar refractivity (Wildman–Crippen MR) is 136 cm³/mol. The van der Waals surface area contributed by atoms with Gasteiger partial charge < -0.3 is 24.8 Å². The lowest BCUT2D eigenvalue weighted by Crippen LogP contribution is -2.45. The fourth-order valence-electron chi connectivity index (χ4n) is 5.55. The van der Waals surface area contributed by atoms with Gasteiger partial charge in [0.2, 0.25) is 0 Å². The molecule has 1 aromatic heterocycles. The molecule has 0 atom stereocenters. The molecule has 6 rings (SSSR count). The molecule has 3 aliphatic rings. The van der Waals surface area contributed by atoms with E-state index in [-0.39, 0.29) is 0 Å². The summed E-state index contributed by atoms with van der Waals surface area (Å²) in [6, 6.07) is 17.6. The van der Waals surface area contributed by atoms with E-state index in [4.69, 9.17) is 9.72 Å². The number of pyridine rings is 1. The molecule has 7 nitrogen and oxygen atoms in total. The minimum atomic E-state index is 0.675. The lowest BCUT2D eigenvalue weighted by atomic mass is 9.94. The zero-order valence-electron chi connectivity index (χ0n) is 19.5. The highest BCUT2D eigenvalue weighted by atomic mass is 16.5. The standard InChI is InChI=1S/C27H30N6O/c28-18-23-24-19-33(25-7-3-5-20-4-1-2-6-21(20)25)11-8-22(24)26(31-12-9-29-10-13-31)30-27(23)32-14-16-34-17-15-32/h1-7,29H,8-17,19H2. The van der Waals surface area contributed by atoms with Crippen molar-refractivity contribution in [2.45, 2.75) is 13.0 Å². The van der Waals surface area contributed by atoms with Gasteiger partial charge in [0.15, 0.2) is 0 Å². The van der Waals surface area contributed by atoms with Gasteiger partial charge in [0.25, 0.3) is 0 Å². The van der Waals surface area contributed by atoms with Crippen LogP contribution in [0.5, 0.6) is 0 Å². The zero-order valence-corrected chi connectivity index (χ0v) is 19.5. The molecule has 0 unspecified atom stereocenters. The summed E-state index contributed by atoms with van der Waals surface area (Å²) in [5.41, 5.74) is 4.38. The Morgan fingerprint density at radius 2 is 1.59 bits per heavy atom. The number of nitriles is 1. The number of benzene rings is 2. The molecule has 34 heavy (non-hydrogen) atoms. The normalized spacial score (nSPS) is 18.6. The fraction of sp³-hybridized carbons (Fsp3) is 0.407. The maximum atomic E-state index is 10.3. The largest absolute Gasteiger partial charge is 0.378 e. The summed E-state index contributed by atoms with van der Waals surface area (Å²) in [5, 5.41) is 16.3. The number of nitrogens with one attached hydrogen (secondary N) is 1. The molecule has 2 aromatic carbocycles. The number of hydrogen-bond acceptors (Lipinski definition) is 7. The lowest BCUT2D eigenvalue weighted by molar-refractivity contribution is 0.122. The lowest BCUT2D eigenvalue weighted by Gasteiger charge is -2.38. The van der Waals surface area contributed by atoms with Gasteiger partial charge in [-0.2, -0.15) is 5.26 Å². The summed E-state index contributed by atoms with van der Waals surface area (Å²) >= 11 is 0. The van der Waals surface area contributed by atoms with E-state index in [1.807, 2.05) is 0 Å². The van der Waals surface area contributed by atoms with Crippen molar-refractivity contribution < 1.29 is 4.74 Å². The Labute approximate surface area is 200 Å². The first-order chi connectivity index (χ1) is 16.8. The van der Waals surface area contributed by atoms with Crippen LogP contribution in [0.15, 0.2) is 42.5 Å². The second-order valence-corrected chi connectivity index (χ2v) is 9.21. The summed E-state index contributed by atoms with van der Waals surface area (Å²) in [6.07, 6.45) is 0.892. The summed E-state index contributed by atoms with van der Waals surface area (Å²) < 4.78 is 5.59. The monoisotopic (exact) mass is 454 g/mol. The van der Waals surface area contributed by atoms with Crippen LogP contribution >= 0.6 is 0 Å². The number of piperazine rings is 1. The van der Waals surface area contributed by atoms with Crippen molar-refractivity contribution in [2.75, 3.05) is 73.7 Å². The highest BCUT2D eigenvalue weighted by molar-refractivity contribution is 5.94. The molecule has 0 spiro atoms. The number of fused-ring (bicyclic) bond motifs is 2. The van der Waals surface area contributed by atoms with E-state index < -0.39 is 0 Å². The molecule has 7 heteroatoms. The van der Waals surface area contributed by atoms with Gasteiger partial charge in [-0.15, -0.1) is 0 Å². The smallest absolute Gasteiger partial charge is 0.149 e. The number of rotatable bonds is 3. The van der Waals surface area contributed by atoms with Crippen molar-refractivity contribution in [1.82, 2.24) is 10.3 Å². The van der Waals surface area contributed by atoms with Crippen LogP contribution in [-0.4, -0.2) is 64.0 Å². The SMILES string of the molecule is N#Cc1c(N2CCOCC2)nc(N2CCNCC2)c2c1CN(c1cccc3ccccc13)CC2. The first kappa shape index (κ1) is 21.2. The first-order valence-electron chi connectivity index (χ1n) is 12.3. The van der Waals surface area contributed by atoms with Crippen molar-refractivity contribution in [3.05, 3.63) is 59.2 Å². The van der Waals surface area contributed by atoms with E-state index in [0.29, 0.717) is 13.2 Å². The number of aromatic nitrogens is 1. The van der Waals surface area contributed by atoms with Gasteiger partial charge in [-0.3, -0.25) is 0 Å². The number of anilines is 3. The van der Waals surface area contributed by atoms with Crippen LogP contribution < -0.4 is 20.0 Å². The molecular weight excluding hydrogens is 424 g/mol. The van der Waals surface area contributed by atoms with E-state index in [2.05, 4.69) is 68.6 Å². The number of ether oxygens (including phenoxy) is 1. The van der Waals surface area contributed by atoms with E-state index in [0.717, 1.165) is 81.5 Å². The maximum absolute atomic E-state index is 10.3. The molecule has 0 saturated carbocycles. The highest BCUT2D eigenvalue weighted by Gasteiger charge is 2.31. The molecule has 3 aromatic rings. The van der Waals surface area contributed by atoms with Crippen molar-refractivity contribution in [1.29, 1.82) is 5.26 Å². The molecule has 4 heterocycles. The van der Waals surface area contributed by atoms with Crippen molar-refractivity contribution >= 4 is 28.1 Å². The van der Waals surface area contributed by atoms with Crippen LogP contribution in [0.25, 0.3) is 10.8 Å². The molecule has 0 radical (unpaired) electrons. The molecule has 1 N–H and O–H groups in total. The molecule has 0 bridgehead atoms. The minimum Gasteiger partial charge on any atom is -0.378 e. The third kappa shape index (κ3) is 3.73.